The Kier molecular flexibility index (Phi) is 8.80. The van der Waals surface area contributed by atoms with Gasteiger partial charge in [-0.1, -0.05) is 53.7 Å². The van der Waals surface area contributed by atoms with Gasteiger partial charge in [0, 0.05) is 35.5 Å². The Bertz CT molecular complexity index is 937. The maximum Gasteiger partial charge on any atom is 0.209 e. The molecule has 160 valence electrons. The van der Waals surface area contributed by atoms with Gasteiger partial charge in [0.15, 0.2) is 11.5 Å². The molecule has 7 nitrogen and oxygen atoms in total. The van der Waals surface area contributed by atoms with Crippen molar-refractivity contribution in [3.8, 4) is 11.5 Å². The van der Waals surface area contributed by atoms with E-state index >= 15 is 0 Å². The number of para-hydroxylation sites is 1. The molecule has 0 saturated carbocycles. The van der Waals surface area contributed by atoms with Gasteiger partial charge >= 0.3 is 0 Å². The maximum atomic E-state index is 6.27. The van der Waals surface area contributed by atoms with E-state index in [0.717, 1.165) is 46.5 Å². The van der Waals surface area contributed by atoms with Crippen LogP contribution in [-0.4, -0.2) is 39.1 Å². The van der Waals surface area contributed by atoms with Crippen LogP contribution in [0.1, 0.15) is 24.5 Å². The molecular weight excluding hydrogens is 422 g/mol. The molecule has 2 aromatic carbocycles. The van der Waals surface area contributed by atoms with Crippen LogP contribution in [0.15, 0.2) is 47.6 Å². The molecule has 30 heavy (non-hydrogen) atoms. The SMILES string of the molecule is CCOc1cccc(CNCCCSc2nnnn2C)c1OCc1ccccc1Cl. The van der Waals surface area contributed by atoms with Crippen molar-refractivity contribution in [2.75, 3.05) is 18.9 Å². The molecule has 0 atom stereocenters. The number of halogens is 1. The Labute approximate surface area is 186 Å². The Morgan fingerprint density at radius 2 is 1.93 bits per heavy atom. The molecule has 1 N–H and O–H groups in total. The van der Waals surface area contributed by atoms with Gasteiger partial charge in [-0.3, -0.25) is 0 Å². The Hall–Kier alpha value is -2.29. The predicted octanol–water partition coefficient (Wildman–Crippen LogP) is 4.11. The summed E-state index contributed by atoms with van der Waals surface area (Å²) in [5.74, 6) is 2.44. The van der Waals surface area contributed by atoms with E-state index in [0.29, 0.717) is 24.8 Å². The van der Waals surface area contributed by atoms with E-state index in [-0.39, 0.29) is 0 Å². The number of thioether (sulfide) groups is 1. The minimum atomic E-state index is 0.388. The van der Waals surface area contributed by atoms with Crippen LogP contribution in [0.5, 0.6) is 11.5 Å². The first kappa shape index (κ1) is 22.4. The molecule has 0 aliphatic carbocycles. The van der Waals surface area contributed by atoms with Crippen LogP contribution < -0.4 is 14.8 Å². The van der Waals surface area contributed by atoms with Crippen molar-refractivity contribution >= 4 is 23.4 Å². The highest BCUT2D eigenvalue weighted by Crippen LogP contribution is 2.32. The minimum absolute atomic E-state index is 0.388. The van der Waals surface area contributed by atoms with Gasteiger partial charge in [-0.25, -0.2) is 4.68 Å². The number of hydrogen-bond acceptors (Lipinski definition) is 7. The summed E-state index contributed by atoms with van der Waals surface area (Å²) >= 11 is 7.92. The summed E-state index contributed by atoms with van der Waals surface area (Å²) in [6, 6.07) is 13.7. The minimum Gasteiger partial charge on any atom is -0.490 e. The van der Waals surface area contributed by atoms with Crippen molar-refractivity contribution in [3.63, 3.8) is 0 Å². The van der Waals surface area contributed by atoms with Crippen LogP contribution in [0, 0.1) is 0 Å². The molecule has 3 aromatic rings. The van der Waals surface area contributed by atoms with E-state index in [2.05, 4.69) is 26.9 Å². The maximum absolute atomic E-state index is 6.27. The molecule has 0 radical (unpaired) electrons. The number of benzene rings is 2. The first-order valence-electron chi connectivity index (χ1n) is 9.85. The first-order valence-corrected chi connectivity index (χ1v) is 11.2. The molecule has 3 rings (SSSR count). The van der Waals surface area contributed by atoms with E-state index in [1.807, 2.05) is 50.4 Å². The van der Waals surface area contributed by atoms with Crippen LogP contribution in [0.2, 0.25) is 5.02 Å². The second kappa shape index (κ2) is 11.8. The lowest BCUT2D eigenvalue weighted by molar-refractivity contribution is 0.266. The zero-order valence-electron chi connectivity index (χ0n) is 17.2. The normalized spacial score (nSPS) is 10.9. The van der Waals surface area contributed by atoms with E-state index < -0.39 is 0 Å². The standard InChI is InChI=1S/C21H26ClN5O2S/c1-3-28-19-11-6-9-16(20(19)29-15-17-8-4-5-10-18(17)22)14-23-12-7-13-30-21-24-25-26-27(21)2/h4-6,8-11,23H,3,7,12-15H2,1-2H3. The van der Waals surface area contributed by atoms with Crippen LogP contribution in [0.25, 0.3) is 0 Å². The van der Waals surface area contributed by atoms with Crippen molar-refractivity contribution in [1.29, 1.82) is 0 Å². The summed E-state index contributed by atoms with van der Waals surface area (Å²) in [4.78, 5) is 0. The smallest absolute Gasteiger partial charge is 0.209 e. The van der Waals surface area contributed by atoms with Crippen molar-refractivity contribution in [1.82, 2.24) is 25.5 Å². The molecule has 0 aliphatic rings. The highest BCUT2D eigenvalue weighted by atomic mass is 35.5. The van der Waals surface area contributed by atoms with Crippen molar-refractivity contribution < 1.29 is 9.47 Å². The predicted molar refractivity (Wildman–Crippen MR) is 119 cm³/mol. The highest BCUT2D eigenvalue weighted by molar-refractivity contribution is 7.99. The number of rotatable bonds is 12. The molecule has 0 spiro atoms. The first-order chi connectivity index (χ1) is 14.7. The molecule has 0 aliphatic heterocycles. The number of aromatic nitrogens is 4. The van der Waals surface area contributed by atoms with Gasteiger partial charge < -0.3 is 14.8 Å². The average molecular weight is 448 g/mol. The highest BCUT2D eigenvalue weighted by Gasteiger charge is 2.12. The zero-order chi connectivity index (χ0) is 21.2. The van der Waals surface area contributed by atoms with Crippen LogP contribution >= 0.6 is 23.4 Å². The third-order valence-electron chi connectivity index (χ3n) is 4.32. The number of aryl methyl sites for hydroxylation is 1. The van der Waals surface area contributed by atoms with Crippen molar-refractivity contribution in [2.24, 2.45) is 7.05 Å². The molecule has 9 heteroatoms. The molecule has 0 bridgehead atoms. The fourth-order valence-corrected chi connectivity index (χ4v) is 3.81. The van der Waals surface area contributed by atoms with E-state index in [1.54, 1.807) is 16.4 Å². The fourth-order valence-electron chi connectivity index (χ4n) is 2.83. The second-order valence-corrected chi connectivity index (χ2v) is 7.99. The van der Waals surface area contributed by atoms with Gasteiger partial charge in [0.25, 0.3) is 0 Å². The van der Waals surface area contributed by atoms with Crippen molar-refractivity contribution in [2.45, 2.75) is 31.7 Å². The molecular formula is C21H26ClN5O2S. The average Bonchev–Trinajstić information content (AvgIpc) is 3.16. The summed E-state index contributed by atoms with van der Waals surface area (Å²) in [5, 5.41) is 16.5. The summed E-state index contributed by atoms with van der Waals surface area (Å²) in [6.45, 7) is 4.50. The number of nitrogens with one attached hydrogen (secondary N) is 1. The molecule has 0 saturated heterocycles. The van der Waals surface area contributed by atoms with E-state index in [4.69, 9.17) is 21.1 Å². The molecule has 0 amide bonds. The number of hydrogen-bond donors (Lipinski definition) is 1. The number of nitrogens with zero attached hydrogens (tertiary/aromatic N) is 4. The lowest BCUT2D eigenvalue weighted by Gasteiger charge is -2.17. The second-order valence-electron chi connectivity index (χ2n) is 6.52. The van der Waals surface area contributed by atoms with Gasteiger partial charge in [-0.15, -0.1) is 5.10 Å². The summed E-state index contributed by atoms with van der Waals surface area (Å²) in [7, 11) is 1.84. The lowest BCUT2D eigenvalue weighted by Crippen LogP contribution is -2.16. The molecule has 0 unspecified atom stereocenters. The van der Waals surface area contributed by atoms with Crippen LogP contribution in [0.4, 0.5) is 0 Å². The summed E-state index contributed by atoms with van der Waals surface area (Å²) in [6.07, 6.45) is 0.999. The zero-order valence-corrected chi connectivity index (χ0v) is 18.7. The summed E-state index contributed by atoms with van der Waals surface area (Å²) < 4.78 is 13.6. The van der Waals surface area contributed by atoms with Crippen LogP contribution in [-0.2, 0) is 20.2 Å². The monoisotopic (exact) mass is 447 g/mol. The summed E-state index contributed by atoms with van der Waals surface area (Å²) in [5.41, 5.74) is 2.00. The fraction of sp³-hybridized carbons (Fsp3) is 0.381. The third kappa shape index (κ3) is 6.35. The molecule has 1 aromatic heterocycles. The van der Waals surface area contributed by atoms with Gasteiger partial charge in [0.2, 0.25) is 5.16 Å². The van der Waals surface area contributed by atoms with Crippen molar-refractivity contribution in [3.05, 3.63) is 58.6 Å². The number of tetrazole rings is 1. The Balaban J connectivity index is 1.54. The topological polar surface area (TPSA) is 74.1 Å². The van der Waals surface area contributed by atoms with Gasteiger partial charge in [0.1, 0.15) is 6.61 Å². The van der Waals surface area contributed by atoms with Gasteiger partial charge in [0.05, 0.1) is 6.61 Å². The largest absolute Gasteiger partial charge is 0.490 e. The lowest BCUT2D eigenvalue weighted by atomic mass is 10.1. The van der Waals surface area contributed by atoms with Gasteiger partial charge in [-0.2, -0.15) is 0 Å². The van der Waals surface area contributed by atoms with E-state index in [9.17, 15) is 0 Å². The molecule has 1 heterocycles. The van der Waals surface area contributed by atoms with Crippen LogP contribution in [0.3, 0.4) is 0 Å². The number of ether oxygens (including phenoxy) is 2. The third-order valence-corrected chi connectivity index (χ3v) is 5.78. The molecule has 0 fully saturated rings. The Morgan fingerprint density at radius 1 is 1.10 bits per heavy atom. The van der Waals surface area contributed by atoms with E-state index in [1.165, 1.54) is 0 Å². The Morgan fingerprint density at radius 3 is 2.70 bits per heavy atom. The van der Waals surface area contributed by atoms with Gasteiger partial charge in [-0.05, 0) is 42.4 Å². The quantitative estimate of drug-likeness (QED) is 0.330.